The summed E-state index contributed by atoms with van der Waals surface area (Å²) in [7, 11) is -1.96. The smallest absolute Gasteiger partial charge is 0.242 e. The average molecular weight is 546 g/mol. The SMILES string of the molecule is CCC(C(=O)NCC(C)C)N(Cc1ccc(OC)cc1)C(=O)CCCN(c1cc(C)ccc1C)S(C)(=O)=O. The number of hydrogen-bond acceptors (Lipinski definition) is 5. The number of aryl methyl sites for hydroxylation is 2. The second-order valence-corrected chi connectivity index (χ2v) is 12.1. The lowest BCUT2D eigenvalue weighted by Gasteiger charge is -2.31. The lowest BCUT2D eigenvalue weighted by atomic mass is 10.1. The van der Waals surface area contributed by atoms with Gasteiger partial charge in [-0.25, -0.2) is 8.42 Å². The molecule has 2 aromatic carbocycles. The van der Waals surface area contributed by atoms with Crippen molar-refractivity contribution < 1.29 is 22.7 Å². The van der Waals surface area contributed by atoms with Gasteiger partial charge < -0.3 is 15.0 Å². The molecule has 8 nitrogen and oxygen atoms in total. The van der Waals surface area contributed by atoms with Crippen LogP contribution < -0.4 is 14.4 Å². The molecule has 2 aromatic rings. The van der Waals surface area contributed by atoms with Crippen LogP contribution in [0.25, 0.3) is 0 Å². The van der Waals surface area contributed by atoms with Gasteiger partial charge in [0.05, 0.1) is 19.1 Å². The lowest BCUT2D eigenvalue weighted by Crippen LogP contribution is -2.49. The lowest BCUT2D eigenvalue weighted by molar-refractivity contribution is -0.141. The number of nitrogens with one attached hydrogen (secondary N) is 1. The van der Waals surface area contributed by atoms with Crippen molar-refractivity contribution in [3.8, 4) is 5.75 Å². The van der Waals surface area contributed by atoms with E-state index in [2.05, 4.69) is 5.32 Å². The van der Waals surface area contributed by atoms with Crippen molar-refractivity contribution in [2.45, 2.75) is 66.5 Å². The van der Waals surface area contributed by atoms with E-state index in [0.29, 0.717) is 30.8 Å². The fraction of sp³-hybridized carbons (Fsp3) is 0.517. The summed E-state index contributed by atoms with van der Waals surface area (Å²) >= 11 is 0. The molecule has 2 rings (SSSR count). The van der Waals surface area contributed by atoms with Gasteiger partial charge >= 0.3 is 0 Å². The Kier molecular flexibility index (Phi) is 11.6. The van der Waals surface area contributed by atoms with E-state index in [1.165, 1.54) is 10.6 Å². The molecule has 0 aliphatic heterocycles. The summed E-state index contributed by atoms with van der Waals surface area (Å²) < 4.78 is 31.9. The number of amides is 2. The van der Waals surface area contributed by atoms with Gasteiger partial charge in [0.1, 0.15) is 11.8 Å². The molecule has 0 saturated carbocycles. The summed E-state index contributed by atoms with van der Waals surface area (Å²) in [6.45, 7) is 10.7. The normalized spacial score (nSPS) is 12.2. The van der Waals surface area contributed by atoms with Crippen LogP contribution in [-0.2, 0) is 26.2 Å². The van der Waals surface area contributed by atoms with E-state index in [0.717, 1.165) is 16.7 Å². The van der Waals surface area contributed by atoms with E-state index in [4.69, 9.17) is 4.74 Å². The van der Waals surface area contributed by atoms with Crippen LogP contribution in [0.2, 0.25) is 0 Å². The summed E-state index contributed by atoms with van der Waals surface area (Å²) in [4.78, 5) is 28.2. The van der Waals surface area contributed by atoms with Crippen LogP contribution in [0.5, 0.6) is 5.75 Å². The molecule has 0 bridgehead atoms. The standard InChI is InChI=1S/C29H43N3O5S/c1-8-26(29(34)30-19-21(2)3)31(20-24-13-15-25(37-6)16-14-24)28(33)10-9-17-32(38(7,35)36)27-18-22(4)11-12-23(27)5/h11-16,18,21,26H,8-10,17,19-20H2,1-7H3,(H,30,34). The molecule has 1 unspecified atom stereocenters. The van der Waals surface area contributed by atoms with E-state index in [9.17, 15) is 18.0 Å². The maximum absolute atomic E-state index is 13.6. The van der Waals surface area contributed by atoms with Crippen molar-refractivity contribution in [1.82, 2.24) is 10.2 Å². The van der Waals surface area contributed by atoms with Gasteiger partial charge in [-0.15, -0.1) is 0 Å². The fourth-order valence-electron chi connectivity index (χ4n) is 4.24. The summed E-state index contributed by atoms with van der Waals surface area (Å²) in [5.74, 6) is 0.618. The molecular formula is C29H43N3O5S. The molecule has 0 aromatic heterocycles. The van der Waals surface area contributed by atoms with Crippen LogP contribution in [0, 0.1) is 19.8 Å². The Bertz CT molecular complexity index is 1180. The number of sulfonamides is 1. The van der Waals surface area contributed by atoms with Crippen molar-refractivity contribution in [2.24, 2.45) is 5.92 Å². The summed E-state index contributed by atoms with van der Waals surface area (Å²) in [6.07, 6.45) is 2.08. The van der Waals surface area contributed by atoms with Gasteiger partial charge in [0.15, 0.2) is 0 Å². The first-order valence-corrected chi connectivity index (χ1v) is 15.0. The zero-order valence-electron chi connectivity index (χ0n) is 23.8. The van der Waals surface area contributed by atoms with Gasteiger partial charge in [-0.3, -0.25) is 13.9 Å². The molecule has 0 aliphatic carbocycles. The average Bonchev–Trinajstić information content (AvgIpc) is 2.86. The van der Waals surface area contributed by atoms with Gasteiger partial charge in [-0.05, 0) is 67.5 Å². The number of nitrogens with zero attached hydrogens (tertiary/aromatic N) is 2. The zero-order chi connectivity index (χ0) is 28.5. The number of carbonyl (C=O) groups is 2. The summed E-state index contributed by atoms with van der Waals surface area (Å²) in [5, 5.41) is 2.96. The quantitative estimate of drug-likeness (QED) is 0.379. The molecular weight excluding hydrogens is 502 g/mol. The third-order valence-corrected chi connectivity index (χ3v) is 7.55. The van der Waals surface area contributed by atoms with Crippen LogP contribution in [-0.4, -0.2) is 57.6 Å². The van der Waals surface area contributed by atoms with Gasteiger partial charge in [-0.2, -0.15) is 0 Å². The Labute approximate surface area is 228 Å². The summed E-state index contributed by atoms with van der Waals surface area (Å²) in [5.41, 5.74) is 3.30. The van der Waals surface area contributed by atoms with Crippen LogP contribution in [0.15, 0.2) is 42.5 Å². The van der Waals surface area contributed by atoms with E-state index in [1.54, 1.807) is 12.0 Å². The molecule has 0 spiro atoms. The molecule has 210 valence electrons. The minimum Gasteiger partial charge on any atom is -0.497 e. The van der Waals surface area contributed by atoms with Crippen molar-refractivity contribution in [1.29, 1.82) is 0 Å². The molecule has 38 heavy (non-hydrogen) atoms. The third kappa shape index (κ3) is 9.04. The molecule has 0 heterocycles. The molecule has 0 radical (unpaired) electrons. The molecule has 9 heteroatoms. The molecule has 0 aliphatic rings. The highest BCUT2D eigenvalue weighted by molar-refractivity contribution is 7.92. The van der Waals surface area contributed by atoms with Gasteiger partial charge in [0.25, 0.3) is 0 Å². The second kappa shape index (κ2) is 14.2. The zero-order valence-corrected chi connectivity index (χ0v) is 24.6. The fourth-order valence-corrected chi connectivity index (χ4v) is 5.25. The number of ether oxygens (including phenoxy) is 1. The first kappa shape index (κ1) is 31.1. The van der Waals surface area contributed by atoms with Crippen molar-refractivity contribution in [3.63, 3.8) is 0 Å². The van der Waals surface area contributed by atoms with Crippen molar-refractivity contribution in [3.05, 3.63) is 59.2 Å². The van der Waals surface area contributed by atoms with Crippen molar-refractivity contribution in [2.75, 3.05) is 30.8 Å². The van der Waals surface area contributed by atoms with Crippen LogP contribution in [0.4, 0.5) is 5.69 Å². The van der Waals surface area contributed by atoms with Crippen LogP contribution >= 0.6 is 0 Å². The minimum absolute atomic E-state index is 0.112. The number of methoxy groups -OCH3 is 1. The maximum atomic E-state index is 13.6. The van der Waals surface area contributed by atoms with Gasteiger partial charge in [-0.1, -0.05) is 45.0 Å². The number of benzene rings is 2. The number of anilines is 1. The molecule has 1 N–H and O–H groups in total. The third-order valence-electron chi connectivity index (χ3n) is 6.37. The number of hydrogen-bond donors (Lipinski definition) is 1. The predicted octanol–water partition coefficient (Wildman–Crippen LogP) is 4.44. The largest absolute Gasteiger partial charge is 0.497 e. The highest BCUT2D eigenvalue weighted by Crippen LogP contribution is 2.25. The molecule has 0 saturated heterocycles. The molecule has 2 amide bonds. The maximum Gasteiger partial charge on any atom is 0.242 e. The van der Waals surface area contributed by atoms with Gasteiger partial charge in [0, 0.05) is 26.1 Å². The highest BCUT2D eigenvalue weighted by atomic mass is 32.2. The summed E-state index contributed by atoms with van der Waals surface area (Å²) in [6, 6.07) is 12.5. The Morgan fingerprint density at radius 2 is 1.71 bits per heavy atom. The van der Waals surface area contributed by atoms with Crippen LogP contribution in [0.3, 0.4) is 0 Å². The first-order valence-electron chi connectivity index (χ1n) is 13.1. The Morgan fingerprint density at radius 1 is 1.05 bits per heavy atom. The van der Waals surface area contributed by atoms with Gasteiger partial charge in [0.2, 0.25) is 21.8 Å². The molecule has 0 fully saturated rings. The minimum atomic E-state index is -3.55. The molecule has 1 atom stereocenters. The van der Waals surface area contributed by atoms with Crippen LogP contribution in [0.1, 0.15) is 56.7 Å². The Balaban J connectivity index is 2.25. The van der Waals surface area contributed by atoms with E-state index < -0.39 is 16.1 Å². The van der Waals surface area contributed by atoms with E-state index in [1.807, 2.05) is 77.1 Å². The second-order valence-electron chi connectivity index (χ2n) is 10.2. The van der Waals surface area contributed by atoms with E-state index >= 15 is 0 Å². The Morgan fingerprint density at radius 3 is 2.26 bits per heavy atom. The topological polar surface area (TPSA) is 96.0 Å². The van der Waals surface area contributed by atoms with Crippen molar-refractivity contribution >= 4 is 27.5 Å². The number of rotatable bonds is 14. The van der Waals surface area contributed by atoms with E-state index in [-0.39, 0.29) is 37.2 Å². The Hall–Kier alpha value is -3.07. The monoisotopic (exact) mass is 545 g/mol. The highest BCUT2D eigenvalue weighted by Gasteiger charge is 2.29. The first-order chi connectivity index (χ1) is 17.9. The predicted molar refractivity (Wildman–Crippen MR) is 153 cm³/mol. The number of carbonyl (C=O) groups excluding carboxylic acids is 2.